The third-order valence-corrected chi connectivity index (χ3v) is 1.38. The van der Waals surface area contributed by atoms with Crippen molar-refractivity contribution in [3.8, 4) is 5.75 Å². The van der Waals surface area contributed by atoms with Crippen LogP contribution < -0.4 is 10.1 Å². The number of hydrogen-bond donors (Lipinski definition) is 1. The lowest BCUT2D eigenvalue weighted by Crippen LogP contribution is -2.05. The minimum atomic E-state index is -0.872. The number of nitrogens with one attached hydrogen (secondary N) is 1. The van der Waals surface area contributed by atoms with Gasteiger partial charge in [-0.05, 0) is 12.1 Å². The number of halogens is 1. The molecule has 0 aliphatic rings. The van der Waals surface area contributed by atoms with E-state index in [0.717, 1.165) is 0 Å². The number of anilines is 1. The van der Waals surface area contributed by atoms with Gasteiger partial charge in [-0.25, -0.2) is 4.39 Å². The normalized spacial score (nSPS) is 9.38. The van der Waals surface area contributed by atoms with Crippen LogP contribution in [0.25, 0.3) is 0 Å². The summed E-state index contributed by atoms with van der Waals surface area (Å²) in [4.78, 5) is 10.7. The minimum absolute atomic E-state index is 0.169. The van der Waals surface area contributed by atoms with Crippen molar-refractivity contribution in [1.29, 1.82) is 0 Å². The lowest BCUT2D eigenvalue weighted by Gasteiger charge is -2.04. The van der Waals surface area contributed by atoms with Gasteiger partial charge >= 0.3 is 0 Å². The molecule has 0 atom stereocenters. The second-order valence-electron chi connectivity index (χ2n) is 2.46. The van der Waals surface area contributed by atoms with Gasteiger partial charge in [0.2, 0.25) is 12.8 Å². The Kier molecular flexibility index (Phi) is 3.25. The second-order valence-corrected chi connectivity index (χ2v) is 2.46. The summed E-state index contributed by atoms with van der Waals surface area (Å²) in [6, 6.07) is 6.55. The highest BCUT2D eigenvalue weighted by molar-refractivity contribution is 5.88. The first kappa shape index (κ1) is 9.51. The van der Waals surface area contributed by atoms with Crippen LogP contribution in [-0.4, -0.2) is 12.8 Å². The Morgan fingerprint density at radius 3 is 3.00 bits per heavy atom. The fourth-order valence-corrected chi connectivity index (χ4v) is 0.930. The molecule has 1 amide bonds. The van der Waals surface area contributed by atoms with Crippen LogP contribution in [0.3, 0.4) is 0 Å². The Morgan fingerprint density at radius 1 is 1.62 bits per heavy atom. The smallest absolute Gasteiger partial charge is 0.228 e. The van der Waals surface area contributed by atoms with Gasteiger partial charge in [-0.2, -0.15) is 0 Å². The fourth-order valence-electron chi connectivity index (χ4n) is 0.930. The second kappa shape index (κ2) is 4.45. The molecule has 0 aromatic heterocycles. The van der Waals surface area contributed by atoms with E-state index in [9.17, 15) is 9.18 Å². The zero-order valence-electron chi connectivity index (χ0n) is 7.21. The number of benzene rings is 1. The zero-order valence-corrected chi connectivity index (χ0v) is 7.21. The number of ether oxygens (including phenoxy) is 1. The van der Waals surface area contributed by atoms with Crippen molar-refractivity contribution in [2.45, 2.75) is 6.92 Å². The molecule has 1 N–H and O–H groups in total. The third-order valence-electron chi connectivity index (χ3n) is 1.38. The molecule has 0 aliphatic carbocycles. The average molecular weight is 183 g/mol. The molecule has 3 nitrogen and oxygen atoms in total. The molecule has 0 aliphatic heterocycles. The van der Waals surface area contributed by atoms with Gasteiger partial charge < -0.3 is 10.1 Å². The Balaban J connectivity index is 2.73. The van der Waals surface area contributed by atoms with E-state index in [2.05, 4.69) is 10.1 Å². The molecule has 1 rings (SSSR count). The molecule has 4 heteroatoms. The monoisotopic (exact) mass is 183 g/mol. The Hall–Kier alpha value is -1.58. The predicted octanol–water partition coefficient (Wildman–Crippen LogP) is 1.95. The number of hydrogen-bond acceptors (Lipinski definition) is 2. The lowest BCUT2D eigenvalue weighted by atomic mass is 10.3. The minimum Gasteiger partial charge on any atom is -0.463 e. The summed E-state index contributed by atoms with van der Waals surface area (Å²) < 4.78 is 16.4. The van der Waals surface area contributed by atoms with Crippen LogP contribution in [0.5, 0.6) is 5.75 Å². The molecule has 1 aromatic rings. The summed E-state index contributed by atoms with van der Waals surface area (Å²) >= 11 is 0. The van der Waals surface area contributed by atoms with E-state index in [1.807, 2.05) is 0 Å². The van der Waals surface area contributed by atoms with Crippen molar-refractivity contribution in [2.24, 2.45) is 0 Å². The topological polar surface area (TPSA) is 38.3 Å². The first-order valence-electron chi connectivity index (χ1n) is 3.79. The molecule has 1 aromatic carbocycles. The van der Waals surface area contributed by atoms with Crippen LogP contribution in [-0.2, 0) is 4.79 Å². The molecule has 0 unspecified atom stereocenters. The van der Waals surface area contributed by atoms with Gasteiger partial charge in [0.1, 0.15) is 5.75 Å². The first-order valence-corrected chi connectivity index (χ1v) is 3.79. The Bertz CT molecular complexity index is 301. The summed E-state index contributed by atoms with van der Waals surface area (Å²) in [5.74, 6) is 0.228. The lowest BCUT2D eigenvalue weighted by molar-refractivity contribution is -0.114. The summed E-state index contributed by atoms with van der Waals surface area (Å²) in [6.45, 7) is 0.534. The predicted molar refractivity (Wildman–Crippen MR) is 47.3 cm³/mol. The van der Waals surface area contributed by atoms with Crippen molar-refractivity contribution in [3.63, 3.8) is 0 Å². The van der Waals surface area contributed by atoms with Crippen LogP contribution >= 0.6 is 0 Å². The van der Waals surface area contributed by atoms with Crippen LogP contribution in [0, 0.1) is 0 Å². The molecular weight excluding hydrogens is 173 g/mol. The van der Waals surface area contributed by atoms with E-state index in [-0.39, 0.29) is 5.91 Å². The van der Waals surface area contributed by atoms with Gasteiger partial charge in [0.05, 0.1) is 0 Å². The fraction of sp³-hybridized carbons (Fsp3) is 0.222. The van der Waals surface area contributed by atoms with Gasteiger partial charge in [0.15, 0.2) is 0 Å². The van der Waals surface area contributed by atoms with Crippen LogP contribution in [0.15, 0.2) is 24.3 Å². The quantitative estimate of drug-likeness (QED) is 0.777. The zero-order chi connectivity index (χ0) is 9.68. The van der Waals surface area contributed by atoms with Crippen molar-refractivity contribution >= 4 is 11.6 Å². The van der Waals surface area contributed by atoms with Gasteiger partial charge in [-0.15, -0.1) is 0 Å². The average Bonchev–Trinajstić information content (AvgIpc) is 2.04. The molecule has 0 fully saturated rings. The SMILES string of the molecule is CC(=O)Nc1cccc(OCF)c1. The maximum atomic E-state index is 11.8. The van der Waals surface area contributed by atoms with Gasteiger partial charge in [-0.3, -0.25) is 4.79 Å². The van der Waals surface area contributed by atoms with Gasteiger partial charge in [-0.1, -0.05) is 6.07 Å². The molecule has 0 saturated heterocycles. The van der Waals surface area contributed by atoms with Crippen molar-refractivity contribution in [2.75, 3.05) is 12.2 Å². The Labute approximate surface area is 75.5 Å². The molecule has 0 spiro atoms. The van der Waals surface area contributed by atoms with E-state index in [1.54, 1.807) is 24.3 Å². The van der Waals surface area contributed by atoms with E-state index < -0.39 is 6.86 Å². The number of amides is 1. The molecule has 0 bridgehead atoms. The number of carbonyl (C=O) groups is 1. The molecule has 0 radical (unpaired) electrons. The van der Waals surface area contributed by atoms with Gasteiger partial charge in [0.25, 0.3) is 0 Å². The molecule has 0 saturated carbocycles. The number of alkyl halides is 1. The van der Waals surface area contributed by atoms with Crippen molar-refractivity contribution < 1.29 is 13.9 Å². The van der Waals surface area contributed by atoms with E-state index in [4.69, 9.17) is 0 Å². The summed E-state index contributed by atoms with van der Waals surface area (Å²) in [5.41, 5.74) is 0.596. The van der Waals surface area contributed by atoms with Gasteiger partial charge in [0, 0.05) is 18.7 Å². The van der Waals surface area contributed by atoms with Crippen LogP contribution in [0.1, 0.15) is 6.92 Å². The maximum absolute atomic E-state index is 11.8. The highest BCUT2D eigenvalue weighted by Gasteiger charge is 1.97. The summed E-state index contributed by atoms with van der Waals surface area (Å²) in [6.07, 6.45) is 0. The van der Waals surface area contributed by atoms with E-state index in [0.29, 0.717) is 11.4 Å². The van der Waals surface area contributed by atoms with Crippen LogP contribution in [0.4, 0.5) is 10.1 Å². The third kappa shape index (κ3) is 3.11. The number of carbonyl (C=O) groups excluding carboxylic acids is 1. The highest BCUT2D eigenvalue weighted by atomic mass is 19.1. The van der Waals surface area contributed by atoms with Crippen LogP contribution in [0.2, 0.25) is 0 Å². The largest absolute Gasteiger partial charge is 0.463 e. The Morgan fingerprint density at radius 2 is 2.38 bits per heavy atom. The molecule has 0 heterocycles. The first-order chi connectivity index (χ1) is 6.22. The van der Waals surface area contributed by atoms with Crippen molar-refractivity contribution in [3.05, 3.63) is 24.3 Å². The summed E-state index contributed by atoms with van der Waals surface area (Å²) in [5, 5.41) is 2.56. The van der Waals surface area contributed by atoms with E-state index in [1.165, 1.54) is 6.92 Å². The molecular formula is C9H10FNO2. The highest BCUT2D eigenvalue weighted by Crippen LogP contribution is 2.16. The number of rotatable bonds is 3. The molecule has 70 valence electrons. The standard InChI is InChI=1S/C9H10FNO2/c1-7(12)11-8-3-2-4-9(5-8)13-6-10/h2-5H,6H2,1H3,(H,11,12). The van der Waals surface area contributed by atoms with Crippen molar-refractivity contribution in [1.82, 2.24) is 0 Å². The molecule has 13 heavy (non-hydrogen) atoms. The summed E-state index contributed by atoms with van der Waals surface area (Å²) in [7, 11) is 0. The van der Waals surface area contributed by atoms with E-state index >= 15 is 0 Å². The maximum Gasteiger partial charge on any atom is 0.228 e.